The van der Waals surface area contributed by atoms with E-state index in [0.717, 1.165) is 15.7 Å². The standard InChI is InChI=1S/C18H30BrNO2SSi/c1-17(2,3)23(21)20-16(14-9-11-15(19)12-10-14)13-22-24(7,8)18(4,5)6/h9-12H,13H2,1-8H3. The highest BCUT2D eigenvalue weighted by molar-refractivity contribution is 9.10. The van der Waals surface area contributed by atoms with E-state index in [4.69, 9.17) is 4.43 Å². The van der Waals surface area contributed by atoms with E-state index in [0.29, 0.717) is 6.61 Å². The zero-order valence-electron chi connectivity index (χ0n) is 16.1. The first-order valence-corrected chi connectivity index (χ1v) is 12.9. The van der Waals surface area contributed by atoms with Gasteiger partial charge in [0.25, 0.3) is 0 Å². The summed E-state index contributed by atoms with van der Waals surface area (Å²) in [6.07, 6.45) is 0. The SMILES string of the molecule is CC(C)(C)S(=O)N=C(CO[Si](C)(C)C(C)(C)C)c1ccc(Br)cc1. The van der Waals surface area contributed by atoms with E-state index in [9.17, 15) is 4.21 Å². The van der Waals surface area contributed by atoms with Crippen LogP contribution in [0.4, 0.5) is 0 Å². The third kappa shape index (κ3) is 6.21. The van der Waals surface area contributed by atoms with Crippen LogP contribution in [0.15, 0.2) is 33.1 Å². The second kappa shape index (κ2) is 7.93. The fourth-order valence-corrected chi connectivity index (χ4v) is 3.33. The lowest BCUT2D eigenvalue weighted by Gasteiger charge is -2.36. The molecule has 0 radical (unpaired) electrons. The summed E-state index contributed by atoms with van der Waals surface area (Å²) in [6, 6.07) is 7.91. The van der Waals surface area contributed by atoms with E-state index in [1.807, 2.05) is 45.0 Å². The van der Waals surface area contributed by atoms with E-state index < -0.39 is 24.1 Å². The Labute approximate surface area is 159 Å². The van der Waals surface area contributed by atoms with Crippen molar-refractivity contribution >= 4 is 40.9 Å². The quantitative estimate of drug-likeness (QED) is 0.441. The normalized spacial score (nSPS) is 15.5. The van der Waals surface area contributed by atoms with Gasteiger partial charge in [-0.1, -0.05) is 48.8 Å². The van der Waals surface area contributed by atoms with Gasteiger partial charge in [0.15, 0.2) is 8.32 Å². The van der Waals surface area contributed by atoms with Crippen LogP contribution >= 0.6 is 15.9 Å². The minimum atomic E-state index is -1.90. The van der Waals surface area contributed by atoms with Gasteiger partial charge in [-0.25, -0.2) is 4.21 Å². The van der Waals surface area contributed by atoms with E-state index in [1.165, 1.54) is 0 Å². The topological polar surface area (TPSA) is 38.7 Å². The second-order valence-corrected chi connectivity index (χ2v) is 16.1. The van der Waals surface area contributed by atoms with Crippen LogP contribution in [-0.4, -0.2) is 29.6 Å². The molecule has 0 saturated carbocycles. The first-order chi connectivity index (χ1) is 10.7. The summed E-state index contributed by atoms with van der Waals surface area (Å²) >= 11 is 3.45. The molecule has 136 valence electrons. The molecule has 0 aliphatic rings. The van der Waals surface area contributed by atoms with Crippen LogP contribution in [0.2, 0.25) is 18.1 Å². The van der Waals surface area contributed by atoms with Crippen molar-refractivity contribution in [3.8, 4) is 0 Å². The van der Waals surface area contributed by atoms with Crippen LogP contribution < -0.4 is 0 Å². The average molecular weight is 433 g/mol. The summed E-state index contributed by atoms with van der Waals surface area (Å²) in [5, 5.41) is 0.126. The fraction of sp³-hybridized carbons (Fsp3) is 0.611. The van der Waals surface area contributed by atoms with Gasteiger partial charge >= 0.3 is 0 Å². The zero-order chi connectivity index (χ0) is 18.8. The lowest BCUT2D eigenvalue weighted by Crippen LogP contribution is -2.42. The second-order valence-electron chi connectivity index (χ2n) is 8.46. The molecule has 0 heterocycles. The van der Waals surface area contributed by atoms with Crippen LogP contribution in [0.5, 0.6) is 0 Å². The highest BCUT2D eigenvalue weighted by Gasteiger charge is 2.37. The van der Waals surface area contributed by atoms with Crippen molar-refractivity contribution in [1.29, 1.82) is 0 Å². The van der Waals surface area contributed by atoms with Crippen molar-refractivity contribution < 1.29 is 8.63 Å². The van der Waals surface area contributed by atoms with Gasteiger partial charge in [-0.15, -0.1) is 0 Å². The maximum Gasteiger partial charge on any atom is 0.192 e. The molecular formula is C18H30BrNO2SSi. The van der Waals surface area contributed by atoms with Crippen LogP contribution in [0, 0.1) is 0 Å². The Bertz CT molecular complexity index is 613. The Morgan fingerprint density at radius 3 is 2.04 bits per heavy atom. The molecule has 3 nitrogen and oxygen atoms in total. The molecule has 0 N–H and O–H groups in total. The molecule has 1 rings (SSSR count). The summed E-state index contributed by atoms with van der Waals surface area (Å²) < 4.78 is 23.9. The molecule has 1 atom stereocenters. The van der Waals surface area contributed by atoms with Crippen LogP contribution in [0.25, 0.3) is 0 Å². The minimum Gasteiger partial charge on any atom is -0.411 e. The van der Waals surface area contributed by atoms with Crippen LogP contribution in [-0.2, 0) is 15.4 Å². The van der Waals surface area contributed by atoms with Gasteiger partial charge in [0.2, 0.25) is 0 Å². The van der Waals surface area contributed by atoms with E-state index in [1.54, 1.807) is 0 Å². The minimum absolute atomic E-state index is 0.126. The lowest BCUT2D eigenvalue weighted by molar-refractivity contribution is 0.340. The third-order valence-electron chi connectivity index (χ3n) is 4.27. The van der Waals surface area contributed by atoms with Gasteiger partial charge in [-0.3, -0.25) is 0 Å². The molecule has 0 amide bonds. The van der Waals surface area contributed by atoms with Crippen LogP contribution in [0.1, 0.15) is 47.1 Å². The van der Waals surface area contributed by atoms with E-state index in [-0.39, 0.29) is 5.04 Å². The number of hydrogen-bond donors (Lipinski definition) is 0. The van der Waals surface area contributed by atoms with Crippen molar-refractivity contribution in [2.24, 2.45) is 4.40 Å². The Kier molecular flexibility index (Phi) is 7.19. The number of benzene rings is 1. The molecule has 0 aliphatic heterocycles. The maximum absolute atomic E-state index is 12.5. The van der Waals surface area contributed by atoms with E-state index >= 15 is 0 Å². The zero-order valence-corrected chi connectivity index (χ0v) is 19.5. The molecule has 0 bridgehead atoms. The van der Waals surface area contributed by atoms with Crippen molar-refractivity contribution in [3.63, 3.8) is 0 Å². The van der Waals surface area contributed by atoms with Crippen molar-refractivity contribution in [2.45, 2.75) is 64.4 Å². The van der Waals surface area contributed by atoms with E-state index in [2.05, 4.69) is 54.2 Å². The first kappa shape index (κ1) is 21.7. The van der Waals surface area contributed by atoms with Crippen molar-refractivity contribution in [1.82, 2.24) is 0 Å². The summed E-state index contributed by atoms with van der Waals surface area (Å²) in [5.41, 5.74) is 1.70. The molecule has 0 saturated heterocycles. The Morgan fingerprint density at radius 1 is 1.12 bits per heavy atom. The Hall–Kier alpha value is -0.303. The molecule has 1 aromatic carbocycles. The van der Waals surface area contributed by atoms with Gasteiger partial charge < -0.3 is 4.43 Å². The van der Waals surface area contributed by atoms with Gasteiger partial charge in [0, 0.05) is 4.47 Å². The van der Waals surface area contributed by atoms with Crippen molar-refractivity contribution in [2.75, 3.05) is 6.61 Å². The molecule has 1 unspecified atom stereocenters. The molecule has 0 aromatic heterocycles. The molecule has 6 heteroatoms. The molecule has 0 spiro atoms. The molecule has 24 heavy (non-hydrogen) atoms. The van der Waals surface area contributed by atoms with Crippen LogP contribution in [0.3, 0.4) is 0 Å². The predicted molar refractivity (Wildman–Crippen MR) is 112 cm³/mol. The van der Waals surface area contributed by atoms with Crippen molar-refractivity contribution in [3.05, 3.63) is 34.3 Å². The smallest absolute Gasteiger partial charge is 0.192 e. The van der Waals surface area contributed by atoms with Gasteiger partial charge in [-0.2, -0.15) is 4.40 Å². The molecule has 1 aromatic rings. The largest absolute Gasteiger partial charge is 0.411 e. The summed E-state index contributed by atoms with van der Waals surface area (Å²) in [4.78, 5) is 0. The highest BCUT2D eigenvalue weighted by Crippen LogP contribution is 2.36. The monoisotopic (exact) mass is 431 g/mol. The average Bonchev–Trinajstić information content (AvgIpc) is 2.42. The third-order valence-corrected chi connectivity index (χ3v) is 10.7. The summed E-state index contributed by atoms with van der Waals surface area (Å²) in [6.45, 7) is 17.2. The summed E-state index contributed by atoms with van der Waals surface area (Å²) in [5.74, 6) is 0. The number of rotatable bonds is 5. The molecule has 0 aliphatic carbocycles. The van der Waals surface area contributed by atoms with Gasteiger partial charge in [0.1, 0.15) is 11.0 Å². The number of nitrogens with zero attached hydrogens (tertiary/aromatic N) is 1. The highest BCUT2D eigenvalue weighted by atomic mass is 79.9. The number of hydrogen-bond acceptors (Lipinski definition) is 2. The lowest BCUT2D eigenvalue weighted by atomic mass is 10.1. The summed E-state index contributed by atoms with van der Waals surface area (Å²) in [7, 11) is -3.21. The van der Waals surface area contributed by atoms with Gasteiger partial charge in [-0.05, 0) is 56.6 Å². The van der Waals surface area contributed by atoms with Gasteiger partial charge in [0.05, 0.1) is 17.1 Å². The maximum atomic E-state index is 12.5. The first-order valence-electron chi connectivity index (χ1n) is 8.13. The predicted octanol–water partition coefficient (Wildman–Crippen LogP) is 5.72. The Morgan fingerprint density at radius 2 is 1.62 bits per heavy atom. The molecular weight excluding hydrogens is 402 g/mol. The molecule has 0 fully saturated rings. The number of halogens is 1. The Balaban J connectivity index is 3.14. The fourth-order valence-electron chi connectivity index (χ4n) is 1.51.